The highest BCUT2D eigenvalue weighted by Crippen LogP contribution is 2.34. The number of ether oxygens (including phenoxy) is 1. The summed E-state index contributed by atoms with van der Waals surface area (Å²) >= 11 is 1.51. The Bertz CT molecular complexity index is 1280. The van der Waals surface area contributed by atoms with Crippen LogP contribution in [-0.2, 0) is 15.3 Å². The zero-order chi connectivity index (χ0) is 26.6. The number of halogens is 2. The molecule has 10 nitrogen and oxygen atoms in total. The van der Waals surface area contributed by atoms with Gasteiger partial charge in [-0.3, -0.25) is 9.69 Å². The van der Waals surface area contributed by atoms with Crippen LogP contribution in [0.3, 0.4) is 0 Å². The zero-order valence-electron chi connectivity index (χ0n) is 20.7. The number of thioether (sulfide) groups is 1. The van der Waals surface area contributed by atoms with Crippen LogP contribution in [0, 0.1) is 11.6 Å². The van der Waals surface area contributed by atoms with Gasteiger partial charge in [0, 0.05) is 37.9 Å². The van der Waals surface area contributed by atoms with Crippen molar-refractivity contribution in [2.45, 2.75) is 42.8 Å². The van der Waals surface area contributed by atoms with Crippen molar-refractivity contribution in [2.75, 3.05) is 36.0 Å². The molecule has 0 saturated carbocycles. The van der Waals surface area contributed by atoms with Gasteiger partial charge in [-0.15, -0.1) is 10.2 Å². The van der Waals surface area contributed by atoms with E-state index in [2.05, 4.69) is 20.7 Å². The van der Waals surface area contributed by atoms with E-state index in [0.717, 1.165) is 17.9 Å². The van der Waals surface area contributed by atoms with Gasteiger partial charge in [-0.25, -0.2) is 13.6 Å². The molecule has 0 bridgehead atoms. The number of anilines is 2. The lowest BCUT2D eigenvalue weighted by molar-refractivity contribution is -0.119. The highest BCUT2D eigenvalue weighted by atomic mass is 32.2. The first-order valence-corrected chi connectivity index (χ1v) is 13.3. The van der Waals surface area contributed by atoms with Crippen molar-refractivity contribution in [3.8, 4) is 0 Å². The Morgan fingerprint density at radius 1 is 1.16 bits per heavy atom. The van der Waals surface area contributed by atoms with E-state index in [9.17, 15) is 9.59 Å². The molecule has 2 aromatic carbocycles. The molecule has 2 fully saturated rings. The maximum Gasteiger partial charge on any atom is 0.414 e. The first-order chi connectivity index (χ1) is 18.4. The number of nitrogens with zero attached hydrogens (tertiary/aromatic N) is 6. The Balaban J connectivity index is 1.18. The number of nitrogens with one attached hydrogen (secondary N) is 1. The third kappa shape index (κ3) is 5.87. The third-order valence-electron chi connectivity index (χ3n) is 6.49. The molecule has 3 aromatic rings. The molecule has 38 heavy (non-hydrogen) atoms. The van der Waals surface area contributed by atoms with Gasteiger partial charge in [0.15, 0.2) is 11.6 Å². The van der Waals surface area contributed by atoms with Crippen molar-refractivity contribution in [1.82, 2.24) is 25.5 Å². The van der Waals surface area contributed by atoms with E-state index in [1.54, 1.807) is 9.70 Å². The van der Waals surface area contributed by atoms with E-state index in [4.69, 9.17) is 4.74 Å². The fraction of sp³-hybridized carbons (Fsp3) is 0.400. The lowest BCUT2D eigenvalue weighted by atomic mass is 10.0. The maximum atomic E-state index is 15.1. The highest BCUT2D eigenvalue weighted by Gasteiger charge is 2.34. The topological polar surface area (TPSA) is 105 Å². The van der Waals surface area contributed by atoms with Crippen LogP contribution < -0.4 is 15.1 Å². The third-order valence-corrected chi connectivity index (χ3v) is 7.39. The van der Waals surface area contributed by atoms with Crippen LogP contribution in [0.25, 0.3) is 0 Å². The molecule has 2 amide bonds. The van der Waals surface area contributed by atoms with Gasteiger partial charge in [-0.05, 0) is 23.6 Å². The fourth-order valence-electron chi connectivity index (χ4n) is 4.57. The minimum Gasteiger partial charge on any atom is -0.442 e. The Labute approximate surface area is 222 Å². The highest BCUT2D eigenvalue weighted by molar-refractivity contribution is 7.98. The zero-order valence-corrected chi connectivity index (χ0v) is 21.5. The van der Waals surface area contributed by atoms with Crippen LogP contribution in [-0.4, -0.2) is 64.5 Å². The van der Waals surface area contributed by atoms with Crippen LogP contribution in [0.5, 0.6) is 0 Å². The summed E-state index contributed by atoms with van der Waals surface area (Å²) in [7, 11) is 0. The number of tetrazole rings is 1. The quantitative estimate of drug-likeness (QED) is 0.430. The molecule has 3 heterocycles. The van der Waals surface area contributed by atoms with Gasteiger partial charge in [-0.1, -0.05) is 42.1 Å². The van der Waals surface area contributed by atoms with Crippen LogP contribution in [0.1, 0.15) is 31.4 Å². The largest absolute Gasteiger partial charge is 0.442 e. The average molecular weight is 544 g/mol. The van der Waals surface area contributed by atoms with E-state index < -0.39 is 23.8 Å². The first kappa shape index (κ1) is 25.9. The number of amides is 2. The van der Waals surface area contributed by atoms with E-state index in [1.165, 1.54) is 29.1 Å². The normalized spacial score (nSPS) is 18.1. The SMILES string of the molecule is CC(=O)NC[C@H]1CN(c2cc(F)c(N3CCC(n4nnc(SCc5ccccc5)n4)CC3)c(F)c2)C(=O)O1. The van der Waals surface area contributed by atoms with E-state index in [-0.39, 0.29) is 36.4 Å². The lowest BCUT2D eigenvalue weighted by Crippen LogP contribution is -2.36. The molecule has 0 unspecified atom stereocenters. The Hall–Kier alpha value is -3.74. The number of hydrogen-bond donors (Lipinski definition) is 1. The summed E-state index contributed by atoms with van der Waals surface area (Å²) in [5.41, 5.74) is 1.12. The molecular formula is C25H27F2N7O3S. The molecule has 0 aliphatic carbocycles. The Morgan fingerprint density at radius 3 is 2.55 bits per heavy atom. The van der Waals surface area contributed by atoms with Crippen molar-refractivity contribution < 1.29 is 23.1 Å². The van der Waals surface area contributed by atoms with E-state index in [1.807, 2.05) is 30.3 Å². The molecule has 1 N–H and O–H groups in total. The van der Waals surface area contributed by atoms with Crippen LogP contribution in [0.4, 0.5) is 25.0 Å². The lowest BCUT2D eigenvalue weighted by Gasteiger charge is -2.33. The summed E-state index contributed by atoms with van der Waals surface area (Å²) in [6.45, 7) is 2.39. The summed E-state index contributed by atoms with van der Waals surface area (Å²) in [5.74, 6) is -1.03. The Morgan fingerprint density at radius 2 is 1.87 bits per heavy atom. The van der Waals surface area contributed by atoms with Crippen LogP contribution in [0.15, 0.2) is 47.6 Å². The molecule has 5 rings (SSSR count). The second-order valence-corrected chi connectivity index (χ2v) is 10.1. The van der Waals surface area contributed by atoms with Gasteiger partial charge in [0.2, 0.25) is 11.1 Å². The fourth-order valence-corrected chi connectivity index (χ4v) is 5.30. The standard InChI is InChI=1S/C25H27F2N7O3S/c1-16(35)28-13-20-14-33(25(36)37-20)19-11-21(26)23(22(27)12-19)32-9-7-18(8-10-32)34-30-24(29-31-34)38-15-17-5-3-2-4-6-17/h2-6,11-12,18,20H,7-10,13-15H2,1H3,(H,28,35)/t20-/m0/s1. The summed E-state index contributed by atoms with van der Waals surface area (Å²) in [4.78, 5) is 27.8. The predicted molar refractivity (Wildman–Crippen MR) is 137 cm³/mol. The van der Waals surface area contributed by atoms with Gasteiger partial charge in [0.1, 0.15) is 11.8 Å². The molecule has 1 atom stereocenters. The van der Waals surface area contributed by atoms with Gasteiger partial charge in [-0.2, -0.15) is 4.80 Å². The molecular weight excluding hydrogens is 516 g/mol. The van der Waals surface area contributed by atoms with Crippen molar-refractivity contribution in [1.29, 1.82) is 0 Å². The summed E-state index contributed by atoms with van der Waals surface area (Å²) < 4.78 is 35.4. The molecule has 2 aliphatic heterocycles. The molecule has 2 saturated heterocycles. The monoisotopic (exact) mass is 543 g/mol. The van der Waals surface area contributed by atoms with Crippen molar-refractivity contribution in [2.24, 2.45) is 0 Å². The molecule has 1 aromatic heterocycles. The number of carbonyl (C=O) groups excluding carboxylic acids is 2. The van der Waals surface area contributed by atoms with Gasteiger partial charge >= 0.3 is 6.09 Å². The Kier molecular flexibility index (Phi) is 7.72. The van der Waals surface area contributed by atoms with Crippen molar-refractivity contribution in [3.63, 3.8) is 0 Å². The smallest absolute Gasteiger partial charge is 0.414 e. The summed E-state index contributed by atoms with van der Waals surface area (Å²) in [6.07, 6.45) is -0.111. The van der Waals surface area contributed by atoms with Crippen LogP contribution >= 0.6 is 11.8 Å². The minimum absolute atomic E-state index is 0.0184. The molecule has 200 valence electrons. The summed E-state index contributed by atoms with van der Waals surface area (Å²) in [5, 5.41) is 16.0. The number of carbonyl (C=O) groups is 2. The van der Waals surface area contributed by atoms with E-state index in [0.29, 0.717) is 31.1 Å². The number of rotatable bonds is 8. The van der Waals surface area contributed by atoms with Gasteiger partial charge < -0.3 is 15.0 Å². The predicted octanol–water partition coefficient (Wildman–Crippen LogP) is 3.55. The summed E-state index contributed by atoms with van der Waals surface area (Å²) in [6, 6.07) is 12.3. The molecule has 13 heteroatoms. The first-order valence-electron chi connectivity index (χ1n) is 12.3. The molecule has 2 aliphatic rings. The molecule has 0 spiro atoms. The average Bonchev–Trinajstić information content (AvgIpc) is 3.53. The van der Waals surface area contributed by atoms with Crippen LogP contribution in [0.2, 0.25) is 0 Å². The van der Waals surface area contributed by atoms with Gasteiger partial charge in [0.05, 0.1) is 24.8 Å². The van der Waals surface area contributed by atoms with Crippen molar-refractivity contribution in [3.05, 3.63) is 59.7 Å². The number of aromatic nitrogens is 4. The maximum absolute atomic E-state index is 15.1. The second kappa shape index (κ2) is 11.3. The number of cyclic esters (lactones) is 1. The molecule has 0 radical (unpaired) electrons. The number of benzene rings is 2. The minimum atomic E-state index is -0.755. The van der Waals surface area contributed by atoms with Crippen molar-refractivity contribution >= 4 is 35.1 Å². The number of piperidine rings is 1. The van der Waals surface area contributed by atoms with Gasteiger partial charge in [0.25, 0.3) is 0 Å². The number of hydrogen-bond acceptors (Lipinski definition) is 8. The van der Waals surface area contributed by atoms with E-state index >= 15 is 8.78 Å². The second-order valence-electron chi connectivity index (χ2n) is 9.20.